The fourth-order valence-corrected chi connectivity index (χ4v) is 2.82. The normalized spacial score (nSPS) is 14.2. The van der Waals surface area contributed by atoms with E-state index in [-0.39, 0.29) is 5.91 Å². The largest absolute Gasteiger partial charge is 0.361 e. The molecule has 0 aromatic carbocycles. The molecule has 3 aromatic rings. The van der Waals surface area contributed by atoms with Crippen LogP contribution in [0.4, 0.5) is 5.82 Å². The molecule has 24 heavy (non-hydrogen) atoms. The van der Waals surface area contributed by atoms with Gasteiger partial charge in [0.05, 0.1) is 18.9 Å². The van der Waals surface area contributed by atoms with E-state index < -0.39 is 0 Å². The van der Waals surface area contributed by atoms with E-state index in [1.54, 1.807) is 6.20 Å². The average molecular weight is 323 g/mol. The number of nitrogens with zero attached hydrogens (tertiary/aromatic N) is 6. The monoisotopic (exact) mass is 323 g/mol. The zero-order valence-corrected chi connectivity index (χ0v) is 13.1. The molecule has 122 valence electrons. The Morgan fingerprint density at radius 3 is 2.92 bits per heavy atom. The third-order valence-corrected chi connectivity index (χ3v) is 4.06. The summed E-state index contributed by atoms with van der Waals surface area (Å²) in [5, 5.41) is 11.4. The van der Waals surface area contributed by atoms with Crippen LogP contribution in [0, 0.1) is 0 Å². The summed E-state index contributed by atoms with van der Waals surface area (Å²) in [6, 6.07) is 5.74. The van der Waals surface area contributed by atoms with Gasteiger partial charge in [-0.15, -0.1) is 10.2 Å². The van der Waals surface area contributed by atoms with Crippen LogP contribution in [0.5, 0.6) is 0 Å². The molecule has 1 N–H and O–H groups in total. The quantitative estimate of drug-likeness (QED) is 0.780. The van der Waals surface area contributed by atoms with Crippen LogP contribution in [0.15, 0.2) is 36.8 Å². The van der Waals surface area contributed by atoms with Gasteiger partial charge < -0.3 is 10.2 Å². The summed E-state index contributed by atoms with van der Waals surface area (Å²) < 4.78 is 1.90. The number of likely N-dealkylation sites (tertiary alicyclic amines) is 1. The zero-order chi connectivity index (χ0) is 16.4. The number of aromatic nitrogens is 5. The molecule has 8 heteroatoms. The molecule has 3 aromatic heterocycles. The lowest BCUT2D eigenvalue weighted by Crippen LogP contribution is -2.28. The van der Waals surface area contributed by atoms with Crippen LogP contribution in [0.1, 0.15) is 29.2 Å². The molecule has 0 bridgehead atoms. The van der Waals surface area contributed by atoms with E-state index in [1.165, 1.54) is 6.20 Å². The molecule has 1 aliphatic rings. The number of hydrogen-bond donors (Lipinski definition) is 1. The Kier molecular flexibility index (Phi) is 3.78. The molecule has 0 atom stereocenters. The van der Waals surface area contributed by atoms with Crippen molar-refractivity contribution in [3.8, 4) is 0 Å². The summed E-state index contributed by atoms with van der Waals surface area (Å²) in [6.07, 6.45) is 7.13. The Morgan fingerprint density at radius 1 is 1.17 bits per heavy atom. The molecule has 4 heterocycles. The summed E-state index contributed by atoms with van der Waals surface area (Å²) >= 11 is 0. The van der Waals surface area contributed by atoms with Gasteiger partial charge in [0.15, 0.2) is 11.5 Å². The maximum Gasteiger partial charge on any atom is 0.274 e. The Labute approximate surface area is 138 Å². The number of hydrogen-bond acceptors (Lipinski definition) is 6. The molecule has 1 fully saturated rings. The van der Waals surface area contributed by atoms with Crippen molar-refractivity contribution in [2.45, 2.75) is 19.4 Å². The summed E-state index contributed by atoms with van der Waals surface area (Å²) in [6.45, 7) is 2.04. The second-order valence-electron chi connectivity index (χ2n) is 5.69. The molecule has 4 rings (SSSR count). The number of nitrogens with one attached hydrogen (secondary N) is 1. The molecule has 1 amide bonds. The highest BCUT2D eigenvalue weighted by Gasteiger charge is 2.21. The Morgan fingerprint density at radius 2 is 2.04 bits per heavy atom. The van der Waals surface area contributed by atoms with Crippen molar-refractivity contribution in [1.82, 2.24) is 29.5 Å². The van der Waals surface area contributed by atoms with Crippen molar-refractivity contribution in [2.24, 2.45) is 0 Å². The van der Waals surface area contributed by atoms with Gasteiger partial charge in [0, 0.05) is 19.3 Å². The van der Waals surface area contributed by atoms with E-state index in [0.29, 0.717) is 18.1 Å². The van der Waals surface area contributed by atoms with E-state index in [2.05, 4.69) is 25.5 Å². The number of amides is 1. The van der Waals surface area contributed by atoms with Gasteiger partial charge in [-0.25, -0.2) is 4.98 Å². The molecule has 1 saturated heterocycles. The summed E-state index contributed by atoms with van der Waals surface area (Å²) in [4.78, 5) is 22.7. The second-order valence-corrected chi connectivity index (χ2v) is 5.69. The SMILES string of the molecule is O=C(c1cncc(NCc2nnc3ccccn23)n1)N1CCCC1. The highest BCUT2D eigenvalue weighted by Crippen LogP contribution is 2.13. The predicted octanol–water partition coefficient (Wildman–Crippen LogP) is 1.37. The lowest BCUT2D eigenvalue weighted by Gasteiger charge is -2.14. The molecule has 0 unspecified atom stereocenters. The first-order valence-electron chi connectivity index (χ1n) is 7.95. The topological polar surface area (TPSA) is 88.3 Å². The van der Waals surface area contributed by atoms with E-state index in [9.17, 15) is 4.79 Å². The highest BCUT2D eigenvalue weighted by molar-refractivity contribution is 5.92. The van der Waals surface area contributed by atoms with Gasteiger partial charge in [-0.2, -0.15) is 0 Å². The van der Waals surface area contributed by atoms with Gasteiger partial charge in [-0.3, -0.25) is 14.2 Å². The van der Waals surface area contributed by atoms with Crippen molar-refractivity contribution in [3.05, 3.63) is 48.3 Å². The number of anilines is 1. The van der Waals surface area contributed by atoms with E-state index >= 15 is 0 Å². The lowest BCUT2D eigenvalue weighted by atomic mass is 10.4. The first-order chi connectivity index (χ1) is 11.8. The third kappa shape index (κ3) is 2.78. The summed E-state index contributed by atoms with van der Waals surface area (Å²) in [5.74, 6) is 1.26. The number of carbonyl (C=O) groups is 1. The second kappa shape index (κ2) is 6.23. The van der Waals surface area contributed by atoms with Gasteiger partial charge in [-0.05, 0) is 25.0 Å². The minimum atomic E-state index is -0.0587. The molecular formula is C16H17N7O. The summed E-state index contributed by atoms with van der Waals surface area (Å²) in [7, 11) is 0. The van der Waals surface area contributed by atoms with Gasteiger partial charge >= 0.3 is 0 Å². The third-order valence-electron chi connectivity index (χ3n) is 4.06. The number of carbonyl (C=O) groups excluding carboxylic acids is 1. The van der Waals surface area contributed by atoms with E-state index in [0.717, 1.165) is 37.4 Å². The first-order valence-corrected chi connectivity index (χ1v) is 7.95. The van der Waals surface area contributed by atoms with Crippen LogP contribution in [0.2, 0.25) is 0 Å². The van der Waals surface area contributed by atoms with Crippen LogP contribution >= 0.6 is 0 Å². The van der Waals surface area contributed by atoms with Gasteiger partial charge in [0.2, 0.25) is 0 Å². The van der Waals surface area contributed by atoms with Crippen LogP contribution in [-0.4, -0.2) is 48.5 Å². The van der Waals surface area contributed by atoms with Gasteiger partial charge in [0.1, 0.15) is 11.5 Å². The standard InChI is InChI=1S/C16H17N7O/c24-16(22-6-3-4-7-22)12-9-17-10-13(19-12)18-11-15-21-20-14-5-1-2-8-23(14)15/h1-2,5,8-10H,3-4,6-7,11H2,(H,18,19). The molecule has 0 aliphatic carbocycles. The Bertz CT molecular complexity index is 869. The maximum absolute atomic E-state index is 12.4. The average Bonchev–Trinajstić information content (AvgIpc) is 3.30. The van der Waals surface area contributed by atoms with Crippen LogP contribution in [-0.2, 0) is 6.54 Å². The molecule has 0 saturated carbocycles. The molecule has 8 nitrogen and oxygen atoms in total. The Hall–Kier alpha value is -3.03. The van der Waals surface area contributed by atoms with Crippen molar-refractivity contribution in [2.75, 3.05) is 18.4 Å². The fraction of sp³-hybridized carbons (Fsp3) is 0.312. The number of pyridine rings is 1. The lowest BCUT2D eigenvalue weighted by molar-refractivity contribution is 0.0786. The predicted molar refractivity (Wildman–Crippen MR) is 87.5 cm³/mol. The van der Waals surface area contributed by atoms with Crippen molar-refractivity contribution < 1.29 is 4.79 Å². The summed E-state index contributed by atoms with van der Waals surface area (Å²) in [5.41, 5.74) is 1.16. The van der Waals surface area contributed by atoms with Gasteiger partial charge in [0.25, 0.3) is 5.91 Å². The molecular weight excluding hydrogens is 306 g/mol. The van der Waals surface area contributed by atoms with Crippen molar-refractivity contribution >= 4 is 17.4 Å². The van der Waals surface area contributed by atoms with Crippen LogP contribution < -0.4 is 5.32 Å². The minimum absolute atomic E-state index is 0.0587. The molecule has 0 spiro atoms. The minimum Gasteiger partial charge on any atom is -0.361 e. The van der Waals surface area contributed by atoms with Crippen molar-refractivity contribution in [3.63, 3.8) is 0 Å². The first kappa shape index (κ1) is 14.6. The molecule has 0 radical (unpaired) electrons. The molecule has 1 aliphatic heterocycles. The van der Waals surface area contributed by atoms with Crippen LogP contribution in [0.3, 0.4) is 0 Å². The van der Waals surface area contributed by atoms with Crippen molar-refractivity contribution in [1.29, 1.82) is 0 Å². The highest BCUT2D eigenvalue weighted by atomic mass is 16.2. The van der Waals surface area contributed by atoms with E-state index in [4.69, 9.17) is 0 Å². The number of fused-ring (bicyclic) bond motifs is 1. The maximum atomic E-state index is 12.4. The smallest absolute Gasteiger partial charge is 0.274 e. The van der Waals surface area contributed by atoms with E-state index in [1.807, 2.05) is 33.7 Å². The Balaban J connectivity index is 1.49. The fourth-order valence-electron chi connectivity index (χ4n) is 2.82. The number of rotatable bonds is 4. The van der Waals surface area contributed by atoms with Gasteiger partial charge in [-0.1, -0.05) is 6.07 Å². The zero-order valence-electron chi connectivity index (χ0n) is 13.1. The van der Waals surface area contributed by atoms with Crippen LogP contribution in [0.25, 0.3) is 5.65 Å².